The number of rotatable bonds is 7. The van der Waals surface area contributed by atoms with Crippen molar-refractivity contribution < 1.29 is 28.4 Å². The minimum absolute atomic E-state index is 0.147. The van der Waals surface area contributed by atoms with Gasteiger partial charge in [-0.05, 0) is 26.7 Å². The number of alkyl carbamates (subject to hydrolysis) is 1. The van der Waals surface area contributed by atoms with Gasteiger partial charge in [-0.2, -0.15) is 0 Å². The summed E-state index contributed by atoms with van der Waals surface area (Å²) in [5.74, 6) is 0. The Morgan fingerprint density at radius 2 is 1.94 bits per heavy atom. The molecule has 0 fully saturated rings. The summed E-state index contributed by atoms with van der Waals surface area (Å²) < 4.78 is 19.6. The molecule has 1 amide bonds. The van der Waals surface area contributed by atoms with Crippen molar-refractivity contribution in [3.8, 4) is 0 Å². The summed E-state index contributed by atoms with van der Waals surface area (Å²) in [5.41, 5.74) is -0.653. The lowest BCUT2D eigenvalue weighted by Crippen LogP contribution is -2.44. The van der Waals surface area contributed by atoms with E-state index >= 15 is 0 Å². The first-order valence-electron chi connectivity index (χ1n) is 5.31. The van der Waals surface area contributed by atoms with Gasteiger partial charge in [-0.25, -0.2) is 9.36 Å². The topological polar surface area (TPSA) is 105 Å². The second kappa shape index (κ2) is 6.96. The molecule has 3 N–H and O–H groups in total. The zero-order valence-corrected chi connectivity index (χ0v) is 11.2. The van der Waals surface area contributed by atoms with Crippen LogP contribution in [0.5, 0.6) is 0 Å². The molecule has 7 nitrogen and oxygen atoms in total. The van der Waals surface area contributed by atoms with E-state index in [0.29, 0.717) is 6.61 Å². The zero-order chi connectivity index (χ0) is 13.5. The Morgan fingerprint density at radius 3 is 2.41 bits per heavy atom. The predicted octanol–water partition coefficient (Wildman–Crippen LogP) is 1.40. The van der Waals surface area contributed by atoms with Gasteiger partial charge in [-0.1, -0.05) is 6.92 Å². The molecule has 17 heavy (non-hydrogen) atoms. The fourth-order valence-corrected chi connectivity index (χ4v) is 1.32. The number of phosphoric acid groups is 1. The molecule has 0 aliphatic heterocycles. The lowest BCUT2D eigenvalue weighted by Gasteiger charge is -2.25. The van der Waals surface area contributed by atoms with Gasteiger partial charge in [0.25, 0.3) is 0 Å². The molecule has 0 saturated heterocycles. The van der Waals surface area contributed by atoms with Gasteiger partial charge in [0.05, 0.1) is 13.2 Å². The van der Waals surface area contributed by atoms with Crippen LogP contribution in [0.2, 0.25) is 0 Å². The Balaban J connectivity index is 3.94. The summed E-state index contributed by atoms with van der Waals surface area (Å²) >= 11 is 0. The summed E-state index contributed by atoms with van der Waals surface area (Å²) in [5, 5.41) is 2.58. The maximum absolute atomic E-state index is 11.2. The number of phosphoric ester groups is 1. The van der Waals surface area contributed by atoms with E-state index in [9.17, 15) is 9.36 Å². The smallest absolute Gasteiger partial charge is 0.450 e. The molecule has 0 heterocycles. The Labute approximate surface area is 101 Å². The zero-order valence-electron chi connectivity index (χ0n) is 10.3. The highest BCUT2D eigenvalue weighted by atomic mass is 31.2. The molecule has 0 rings (SSSR count). The SMILES string of the molecule is CCCOC(=O)NC(C)(C)CCOP(=O)(O)O. The second-order valence-electron chi connectivity index (χ2n) is 4.22. The lowest BCUT2D eigenvalue weighted by atomic mass is 10.0. The molecule has 0 saturated carbocycles. The van der Waals surface area contributed by atoms with E-state index in [4.69, 9.17) is 14.5 Å². The van der Waals surface area contributed by atoms with E-state index in [1.54, 1.807) is 13.8 Å². The second-order valence-corrected chi connectivity index (χ2v) is 5.46. The third-order valence-corrected chi connectivity index (χ3v) is 2.38. The molecule has 0 bridgehead atoms. The highest BCUT2D eigenvalue weighted by molar-refractivity contribution is 7.46. The highest BCUT2D eigenvalue weighted by Crippen LogP contribution is 2.36. The normalized spacial score (nSPS) is 12.3. The molecule has 8 heteroatoms. The van der Waals surface area contributed by atoms with Gasteiger partial charge in [0.1, 0.15) is 0 Å². The van der Waals surface area contributed by atoms with Crippen LogP contribution in [0, 0.1) is 0 Å². The van der Waals surface area contributed by atoms with Crippen molar-refractivity contribution in [1.82, 2.24) is 5.32 Å². The third kappa shape index (κ3) is 10.3. The molecule has 0 aliphatic carbocycles. The van der Waals surface area contributed by atoms with Crippen molar-refractivity contribution in [2.45, 2.75) is 39.2 Å². The van der Waals surface area contributed by atoms with Crippen molar-refractivity contribution in [3.63, 3.8) is 0 Å². The number of carbonyl (C=O) groups is 1. The first-order valence-corrected chi connectivity index (χ1v) is 6.84. The Bertz CT molecular complexity index is 287. The number of ether oxygens (including phenoxy) is 1. The molecular weight excluding hydrogens is 249 g/mol. The average Bonchev–Trinajstić information content (AvgIpc) is 2.11. The Morgan fingerprint density at radius 1 is 1.35 bits per heavy atom. The summed E-state index contributed by atoms with van der Waals surface area (Å²) in [6, 6.07) is 0. The van der Waals surface area contributed by atoms with Gasteiger partial charge in [0, 0.05) is 5.54 Å². The number of carbonyl (C=O) groups excluding carboxylic acids is 1. The fourth-order valence-electron chi connectivity index (χ4n) is 0.989. The van der Waals surface area contributed by atoms with Gasteiger partial charge in [0.2, 0.25) is 0 Å². The number of hydrogen-bond donors (Lipinski definition) is 3. The van der Waals surface area contributed by atoms with Crippen molar-refractivity contribution in [2.75, 3.05) is 13.2 Å². The van der Waals surface area contributed by atoms with Crippen LogP contribution in [0.4, 0.5) is 4.79 Å². The average molecular weight is 269 g/mol. The number of hydrogen-bond acceptors (Lipinski definition) is 4. The van der Waals surface area contributed by atoms with E-state index < -0.39 is 19.5 Å². The molecule has 0 aromatic heterocycles. The first kappa shape index (κ1) is 16.4. The third-order valence-electron chi connectivity index (χ3n) is 1.86. The molecule has 0 aliphatic rings. The molecule has 0 radical (unpaired) electrons. The summed E-state index contributed by atoms with van der Waals surface area (Å²) in [6.45, 7) is 5.49. The van der Waals surface area contributed by atoms with Crippen LogP contribution >= 0.6 is 7.82 Å². The fraction of sp³-hybridized carbons (Fsp3) is 0.889. The molecule has 0 aromatic carbocycles. The van der Waals surface area contributed by atoms with Gasteiger partial charge in [-0.15, -0.1) is 0 Å². The van der Waals surface area contributed by atoms with E-state index in [1.165, 1.54) is 0 Å². The highest BCUT2D eigenvalue weighted by Gasteiger charge is 2.23. The van der Waals surface area contributed by atoms with Gasteiger partial charge in [-0.3, -0.25) is 4.52 Å². The summed E-state index contributed by atoms with van der Waals surface area (Å²) in [4.78, 5) is 28.2. The number of amides is 1. The van der Waals surface area contributed by atoms with Crippen LogP contribution in [-0.4, -0.2) is 34.6 Å². The standard InChI is InChI=1S/C9H20NO6P/c1-4-6-15-8(11)10-9(2,3)5-7-16-17(12,13)14/h4-7H2,1-3H3,(H,10,11)(H2,12,13,14). The molecule has 0 spiro atoms. The van der Waals surface area contributed by atoms with E-state index in [1.807, 2.05) is 6.92 Å². The first-order chi connectivity index (χ1) is 7.66. The van der Waals surface area contributed by atoms with E-state index in [2.05, 4.69) is 9.84 Å². The van der Waals surface area contributed by atoms with Crippen molar-refractivity contribution in [3.05, 3.63) is 0 Å². The Hall–Kier alpha value is -0.620. The summed E-state index contributed by atoms with van der Waals surface area (Å²) in [6.07, 6.45) is 0.446. The monoisotopic (exact) mass is 269 g/mol. The quantitative estimate of drug-likeness (QED) is 0.603. The summed E-state index contributed by atoms with van der Waals surface area (Å²) in [7, 11) is -4.45. The van der Waals surface area contributed by atoms with Crippen molar-refractivity contribution >= 4 is 13.9 Å². The molecule has 0 atom stereocenters. The molecular formula is C9H20NO6P. The van der Waals surface area contributed by atoms with Crippen LogP contribution in [0.3, 0.4) is 0 Å². The van der Waals surface area contributed by atoms with Crippen LogP contribution < -0.4 is 5.32 Å². The van der Waals surface area contributed by atoms with Crippen molar-refractivity contribution in [2.24, 2.45) is 0 Å². The number of nitrogens with one attached hydrogen (secondary N) is 1. The Kier molecular flexibility index (Phi) is 6.70. The van der Waals surface area contributed by atoms with Crippen LogP contribution in [0.1, 0.15) is 33.6 Å². The molecule has 0 aromatic rings. The van der Waals surface area contributed by atoms with Crippen LogP contribution in [-0.2, 0) is 13.8 Å². The predicted molar refractivity (Wildman–Crippen MR) is 61.5 cm³/mol. The van der Waals surface area contributed by atoms with Crippen LogP contribution in [0.15, 0.2) is 0 Å². The minimum atomic E-state index is -4.45. The van der Waals surface area contributed by atoms with Crippen molar-refractivity contribution in [1.29, 1.82) is 0 Å². The van der Waals surface area contributed by atoms with E-state index in [-0.39, 0.29) is 13.0 Å². The van der Waals surface area contributed by atoms with Gasteiger partial charge in [0.15, 0.2) is 0 Å². The van der Waals surface area contributed by atoms with Gasteiger partial charge >= 0.3 is 13.9 Å². The molecule has 102 valence electrons. The lowest BCUT2D eigenvalue weighted by molar-refractivity contribution is 0.129. The minimum Gasteiger partial charge on any atom is -0.450 e. The largest absolute Gasteiger partial charge is 0.469 e. The maximum Gasteiger partial charge on any atom is 0.469 e. The molecule has 0 unspecified atom stereocenters. The van der Waals surface area contributed by atoms with Gasteiger partial charge < -0.3 is 19.8 Å². The van der Waals surface area contributed by atoms with Crippen LogP contribution in [0.25, 0.3) is 0 Å². The maximum atomic E-state index is 11.2. The van der Waals surface area contributed by atoms with E-state index in [0.717, 1.165) is 6.42 Å².